The van der Waals surface area contributed by atoms with Crippen molar-refractivity contribution < 1.29 is 9.90 Å². The molecule has 4 nitrogen and oxygen atoms in total. The Hall–Kier alpha value is -1.55. The van der Waals surface area contributed by atoms with Gasteiger partial charge in [-0.1, -0.05) is 46.8 Å². The van der Waals surface area contributed by atoms with Gasteiger partial charge in [0.05, 0.1) is 6.42 Å². The Morgan fingerprint density at radius 1 is 1.25 bits per heavy atom. The summed E-state index contributed by atoms with van der Waals surface area (Å²) in [6.45, 7) is 10.8. The Morgan fingerprint density at radius 3 is 2.35 bits per heavy atom. The van der Waals surface area contributed by atoms with Crippen LogP contribution in [-0.2, 0) is 16.6 Å². The minimum absolute atomic E-state index is 0.153. The number of hydrazine groups is 1. The number of phenolic OH excluding ortho intramolecular Hbond substituents is 1. The van der Waals surface area contributed by atoms with Crippen molar-refractivity contribution in [2.24, 2.45) is 11.3 Å². The van der Waals surface area contributed by atoms with E-state index in [0.717, 1.165) is 17.5 Å². The van der Waals surface area contributed by atoms with Gasteiger partial charge in [-0.25, -0.2) is 5.84 Å². The number of hydrogen-bond donors (Lipinski definition) is 3. The Labute approximate surface area is 121 Å². The van der Waals surface area contributed by atoms with Crippen molar-refractivity contribution in [1.82, 2.24) is 5.43 Å². The zero-order chi connectivity index (χ0) is 15.6. The van der Waals surface area contributed by atoms with E-state index in [1.54, 1.807) is 12.1 Å². The fraction of sp³-hybridized carbons (Fsp3) is 0.562. The Kier molecular flexibility index (Phi) is 4.81. The lowest BCUT2D eigenvalue weighted by Crippen LogP contribution is -2.31. The van der Waals surface area contributed by atoms with Crippen molar-refractivity contribution in [1.29, 1.82) is 0 Å². The third kappa shape index (κ3) is 4.53. The fourth-order valence-electron chi connectivity index (χ4n) is 2.89. The van der Waals surface area contributed by atoms with Crippen molar-refractivity contribution in [3.63, 3.8) is 0 Å². The van der Waals surface area contributed by atoms with Gasteiger partial charge < -0.3 is 5.11 Å². The second kappa shape index (κ2) is 5.83. The van der Waals surface area contributed by atoms with Gasteiger partial charge in [-0.3, -0.25) is 10.2 Å². The zero-order valence-electron chi connectivity index (χ0n) is 13.1. The average molecular weight is 278 g/mol. The van der Waals surface area contributed by atoms with Crippen LogP contribution < -0.4 is 11.3 Å². The van der Waals surface area contributed by atoms with Gasteiger partial charge in [-0.2, -0.15) is 0 Å². The summed E-state index contributed by atoms with van der Waals surface area (Å²) in [5.41, 5.74) is 3.83. The van der Waals surface area contributed by atoms with E-state index in [1.165, 1.54) is 0 Å². The lowest BCUT2D eigenvalue weighted by atomic mass is 9.71. The molecule has 1 aromatic rings. The molecule has 20 heavy (non-hydrogen) atoms. The van der Waals surface area contributed by atoms with Gasteiger partial charge in [0.25, 0.3) is 0 Å². The monoisotopic (exact) mass is 278 g/mol. The highest BCUT2D eigenvalue weighted by molar-refractivity contribution is 5.78. The fourth-order valence-corrected chi connectivity index (χ4v) is 2.89. The first-order chi connectivity index (χ1) is 9.05. The summed E-state index contributed by atoms with van der Waals surface area (Å²) in [7, 11) is 0. The van der Waals surface area contributed by atoms with Gasteiger partial charge in [0.2, 0.25) is 5.91 Å². The van der Waals surface area contributed by atoms with Gasteiger partial charge in [0.15, 0.2) is 0 Å². The number of amides is 1. The predicted octanol–water partition coefficient (Wildman–Crippen LogP) is 2.64. The van der Waals surface area contributed by atoms with E-state index >= 15 is 0 Å². The molecule has 0 radical (unpaired) electrons. The second-order valence-electron chi connectivity index (χ2n) is 7.22. The molecule has 1 amide bonds. The van der Waals surface area contributed by atoms with Crippen molar-refractivity contribution >= 4 is 5.91 Å². The maximum absolute atomic E-state index is 11.4. The lowest BCUT2D eigenvalue weighted by molar-refractivity contribution is -0.120. The van der Waals surface area contributed by atoms with E-state index in [-0.39, 0.29) is 28.9 Å². The molecule has 0 aliphatic rings. The molecule has 4 N–H and O–H groups in total. The van der Waals surface area contributed by atoms with Gasteiger partial charge >= 0.3 is 0 Å². The maximum Gasteiger partial charge on any atom is 0.238 e. The van der Waals surface area contributed by atoms with Crippen LogP contribution in [0.3, 0.4) is 0 Å². The van der Waals surface area contributed by atoms with E-state index in [0.29, 0.717) is 0 Å². The van der Waals surface area contributed by atoms with E-state index in [4.69, 9.17) is 5.84 Å². The molecule has 112 valence electrons. The highest BCUT2D eigenvalue weighted by Crippen LogP contribution is 2.40. The minimum Gasteiger partial charge on any atom is -0.508 e. The number of hydrogen-bond acceptors (Lipinski definition) is 3. The summed E-state index contributed by atoms with van der Waals surface area (Å²) in [6, 6.07) is 5.30. The van der Waals surface area contributed by atoms with E-state index in [1.807, 2.05) is 6.07 Å². The first-order valence-electron chi connectivity index (χ1n) is 6.87. The molecule has 0 saturated carbocycles. The van der Waals surface area contributed by atoms with Crippen molar-refractivity contribution in [3.05, 3.63) is 29.3 Å². The summed E-state index contributed by atoms with van der Waals surface area (Å²) >= 11 is 0. The van der Waals surface area contributed by atoms with Crippen LogP contribution in [0.15, 0.2) is 18.2 Å². The molecule has 0 aromatic heterocycles. The molecule has 0 fully saturated rings. The summed E-state index contributed by atoms with van der Waals surface area (Å²) in [5, 5.41) is 10.1. The largest absolute Gasteiger partial charge is 0.508 e. The van der Waals surface area contributed by atoms with Crippen LogP contribution in [0.1, 0.15) is 52.2 Å². The Bertz CT molecular complexity index is 488. The van der Waals surface area contributed by atoms with Crippen LogP contribution >= 0.6 is 0 Å². The molecule has 0 spiro atoms. The Morgan fingerprint density at radius 2 is 1.85 bits per heavy atom. The number of phenols is 1. The molecule has 0 bridgehead atoms. The molecule has 1 rings (SSSR count). The molecule has 0 atom stereocenters. The van der Waals surface area contributed by atoms with Gasteiger partial charge in [-0.05, 0) is 34.4 Å². The molecule has 0 unspecified atom stereocenters. The number of aromatic hydroxyl groups is 1. The number of rotatable bonds is 4. The highest BCUT2D eigenvalue weighted by atomic mass is 16.3. The summed E-state index contributed by atoms with van der Waals surface area (Å²) in [4.78, 5) is 11.4. The van der Waals surface area contributed by atoms with Gasteiger partial charge in [0.1, 0.15) is 5.75 Å². The SMILES string of the molecule is CC(C)(C)CC(C)(C)c1cc(CC(=O)NN)ccc1O. The topological polar surface area (TPSA) is 75.4 Å². The van der Waals surface area contributed by atoms with E-state index in [2.05, 4.69) is 40.0 Å². The van der Waals surface area contributed by atoms with Crippen LogP contribution in [0, 0.1) is 5.41 Å². The molecule has 4 heteroatoms. The lowest BCUT2D eigenvalue weighted by Gasteiger charge is -2.33. The number of carbonyl (C=O) groups is 1. The summed E-state index contributed by atoms with van der Waals surface area (Å²) < 4.78 is 0. The van der Waals surface area contributed by atoms with Crippen LogP contribution in [0.5, 0.6) is 5.75 Å². The van der Waals surface area contributed by atoms with Crippen LogP contribution in [0.4, 0.5) is 0 Å². The second-order valence-corrected chi connectivity index (χ2v) is 7.22. The molecular formula is C16H26N2O2. The van der Waals surface area contributed by atoms with Crippen LogP contribution in [0.25, 0.3) is 0 Å². The van der Waals surface area contributed by atoms with Crippen molar-refractivity contribution in [2.45, 2.75) is 52.9 Å². The van der Waals surface area contributed by atoms with E-state index < -0.39 is 0 Å². The molecular weight excluding hydrogens is 252 g/mol. The van der Waals surface area contributed by atoms with Crippen molar-refractivity contribution in [3.8, 4) is 5.75 Å². The quantitative estimate of drug-likeness (QED) is 0.450. The first kappa shape index (κ1) is 16.5. The third-order valence-electron chi connectivity index (χ3n) is 3.29. The molecule has 0 saturated heterocycles. The average Bonchev–Trinajstić information content (AvgIpc) is 2.28. The summed E-state index contributed by atoms with van der Waals surface area (Å²) in [5.74, 6) is 5.14. The van der Waals surface area contributed by atoms with Crippen LogP contribution in [0.2, 0.25) is 0 Å². The summed E-state index contributed by atoms with van der Waals surface area (Å²) in [6.07, 6.45) is 1.15. The number of benzene rings is 1. The molecule has 0 aliphatic carbocycles. The maximum atomic E-state index is 11.4. The first-order valence-corrected chi connectivity index (χ1v) is 6.87. The van der Waals surface area contributed by atoms with E-state index in [9.17, 15) is 9.90 Å². The number of carbonyl (C=O) groups excluding carboxylic acids is 1. The number of nitrogens with one attached hydrogen (secondary N) is 1. The molecule has 0 heterocycles. The minimum atomic E-state index is -0.240. The highest BCUT2D eigenvalue weighted by Gasteiger charge is 2.29. The third-order valence-corrected chi connectivity index (χ3v) is 3.29. The molecule has 0 aliphatic heterocycles. The van der Waals surface area contributed by atoms with Gasteiger partial charge in [-0.15, -0.1) is 0 Å². The van der Waals surface area contributed by atoms with Gasteiger partial charge in [0, 0.05) is 0 Å². The van der Waals surface area contributed by atoms with Crippen LogP contribution in [-0.4, -0.2) is 11.0 Å². The zero-order valence-corrected chi connectivity index (χ0v) is 13.1. The standard InChI is InChI=1S/C16H26N2O2/c1-15(2,3)10-16(4,5)12-8-11(6-7-13(12)19)9-14(20)18-17/h6-8,19H,9-10,17H2,1-5H3,(H,18,20). The molecule has 1 aromatic carbocycles. The predicted molar refractivity (Wildman–Crippen MR) is 81.2 cm³/mol. The normalized spacial score (nSPS) is 12.3. The smallest absolute Gasteiger partial charge is 0.238 e. The Balaban J connectivity index is 3.10. The van der Waals surface area contributed by atoms with Crippen molar-refractivity contribution in [2.75, 3.05) is 0 Å². The number of nitrogens with two attached hydrogens (primary N) is 1.